The predicted octanol–water partition coefficient (Wildman–Crippen LogP) is -2.70. The Balaban J connectivity index is 2.99. The molecule has 0 fully saturated rings. The van der Waals surface area contributed by atoms with Crippen molar-refractivity contribution in [1.29, 1.82) is 10.5 Å². The summed E-state index contributed by atoms with van der Waals surface area (Å²) in [6.07, 6.45) is 0. The lowest BCUT2D eigenvalue weighted by Crippen LogP contribution is -2.44. The zero-order valence-electron chi connectivity index (χ0n) is 5.76. The molecular weight excluding hydrogens is 160 g/mol. The molecule has 1 rings (SSSR count). The molecule has 0 aliphatic carbocycles. The molecule has 12 heavy (non-hydrogen) atoms. The Labute approximate surface area is 67.7 Å². The van der Waals surface area contributed by atoms with E-state index in [1.807, 2.05) is 0 Å². The van der Waals surface area contributed by atoms with Crippen molar-refractivity contribution >= 4 is 11.8 Å². The van der Waals surface area contributed by atoms with Gasteiger partial charge >= 0.3 is 0 Å². The molecule has 0 aromatic rings. The first-order valence-corrected chi connectivity index (χ1v) is 2.98. The molecular formula is C6H2N4O2-2. The lowest BCUT2D eigenvalue weighted by molar-refractivity contribution is -0.249. The summed E-state index contributed by atoms with van der Waals surface area (Å²) in [5, 5.41) is 37.9. The molecule has 0 aromatic carbocycles. The first-order chi connectivity index (χ1) is 5.69. The third-order valence-corrected chi connectivity index (χ3v) is 1.26. The number of hydrogen-bond donors (Lipinski definition) is 0. The number of nitriles is 2. The smallest absolute Gasteiger partial charge is 0.171 e. The first-order valence-electron chi connectivity index (χ1n) is 2.98. The van der Waals surface area contributed by atoms with E-state index in [1.165, 1.54) is 0 Å². The summed E-state index contributed by atoms with van der Waals surface area (Å²) in [5.41, 5.74) is 0. The maximum atomic E-state index is 10.6. The topological polar surface area (TPSA) is 118 Å². The Hall–Kier alpha value is -2.08. The normalized spacial score (nSPS) is 27.8. The Bertz CT molecular complexity index is 298. The van der Waals surface area contributed by atoms with Gasteiger partial charge in [-0.05, 0) is 11.8 Å². The van der Waals surface area contributed by atoms with Crippen molar-refractivity contribution in [1.82, 2.24) is 0 Å². The fourth-order valence-corrected chi connectivity index (χ4v) is 0.703. The SMILES string of the molecule is N#CC1N=C([O-])C([O-])=NC1C#N. The minimum absolute atomic E-state index is 1.06. The van der Waals surface area contributed by atoms with Crippen LogP contribution in [0.1, 0.15) is 0 Å². The summed E-state index contributed by atoms with van der Waals surface area (Å²) < 4.78 is 0. The fourth-order valence-electron chi connectivity index (χ4n) is 0.703. The van der Waals surface area contributed by atoms with Gasteiger partial charge in [-0.15, -0.1) is 0 Å². The molecule has 0 aromatic heterocycles. The van der Waals surface area contributed by atoms with Crippen molar-refractivity contribution in [2.24, 2.45) is 9.98 Å². The van der Waals surface area contributed by atoms with E-state index in [4.69, 9.17) is 10.5 Å². The highest BCUT2D eigenvalue weighted by Crippen LogP contribution is 2.06. The van der Waals surface area contributed by atoms with Gasteiger partial charge in [-0.1, -0.05) is 0 Å². The second-order valence-corrected chi connectivity index (χ2v) is 2.02. The zero-order valence-corrected chi connectivity index (χ0v) is 5.76. The molecule has 6 nitrogen and oxygen atoms in total. The second-order valence-electron chi connectivity index (χ2n) is 2.02. The third-order valence-electron chi connectivity index (χ3n) is 1.26. The summed E-state index contributed by atoms with van der Waals surface area (Å²) in [7, 11) is 0. The maximum absolute atomic E-state index is 10.6. The van der Waals surface area contributed by atoms with E-state index >= 15 is 0 Å². The average molecular weight is 162 g/mol. The quantitative estimate of drug-likeness (QED) is 0.385. The number of hydrogen-bond acceptors (Lipinski definition) is 6. The van der Waals surface area contributed by atoms with E-state index < -0.39 is 23.9 Å². The summed E-state index contributed by atoms with van der Waals surface area (Å²) in [4.78, 5) is 6.34. The largest absolute Gasteiger partial charge is 0.858 e. The van der Waals surface area contributed by atoms with Crippen LogP contribution < -0.4 is 10.2 Å². The summed E-state index contributed by atoms with van der Waals surface area (Å²) in [5.74, 6) is -2.12. The average Bonchev–Trinajstić information content (AvgIpc) is 2.09. The molecule has 1 aliphatic heterocycles. The Morgan fingerprint density at radius 1 is 1.00 bits per heavy atom. The van der Waals surface area contributed by atoms with Crippen LogP contribution in [-0.2, 0) is 0 Å². The lowest BCUT2D eigenvalue weighted by Gasteiger charge is -2.25. The molecule has 2 unspecified atom stereocenters. The molecule has 0 saturated heterocycles. The molecule has 1 heterocycles. The molecule has 6 heteroatoms. The van der Waals surface area contributed by atoms with Gasteiger partial charge in [0.05, 0.1) is 12.1 Å². The molecule has 0 spiro atoms. The molecule has 0 amide bonds. The predicted molar refractivity (Wildman–Crippen MR) is 33.7 cm³/mol. The minimum Gasteiger partial charge on any atom is -0.858 e. The van der Waals surface area contributed by atoms with Crippen LogP contribution in [0, 0.1) is 22.7 Å². The monoisotopic (exact) mass is 162 g/mol. The number of nitrogens with zero attached hydrogens (tertiary/aromatic N) is 4. The van der Waals surface area contributed by atoms with Gasteiger partial charge in [0.1, 0.15) is 0 Å². The van der Waals surface area contributed by atoms with E-state index in [0.717, 1.165) is 0 Å². The van der Waals surface area contributed by atoms with E-state index in [1.54, 1.807) is 12.1 Å². The van der Waals surface area contributed by atoms with Gasteiger partial charge in [0, 0.05) is 0 Å². The molecule has 1 aliphatic rings. The first kappa shape index (κ1) is 8.02. The van der Waals surface area contributed by atoms with Crippen LogP contribution in [0.15, 0.2) is 9.98 Å². The molecule has 0 N–H and O–H groups in total. The van der Waals surface area contributed by atoms with Gasteiger partial charge in [-0.25, -0.2) is 0 Å². The van der Waals surface area contributed by atoms with E-state index in [9.17, 15) is 10.2 Å². The Morgan fingerprint density at radius 2 is 1.33 bits per heavy atom. The van der Waals surface area contributed by atoms with Crippen LogP contribution >= 0.6 is 0 Å². The van der Waals surface area contributed by atoms with Gasteiger partial charge in [0.15, 0.2) is 12.1 Å². The highest BCUT2D eigenvalue weighted by Gasteiger charge is 2.21. The third kappa shape index (κ3) is 1.18. The van der Waals surface area contributed by atoms with Crippen molar-refractivity contribution < 1.29 is 10.2 Å². The minimum atomic E-state index is -1.14. The zero-order chi connectivity index (χ0) is 9.14. The second kappa shape index (κ2) is 2.89. The van der Waals surface area contributed by atoms with Crippen LogP contribution in [0.3, 0.4) is 0 Å². The highest BCUT2D eigenvalue weighted by atomic mass is 16.3. The lowest BCUT2D eigenvalue weighted by atomic mass is 10.1. The van der Waals surface area contributed by atoms with Crippen molar-refractivity contribution in [3.63, 3.8) is 0 Å². The van der Waals surface area contributed by atoms with Gasteiger partial charge in [-0.3, -0.25) is 9.98 Å². The number of rotatable bonds is 0. The molecule has 0 bridgehead atoms. The molecule has 0 saturated carbocycles. The van der Waals surface area contributed by atoms with Gasteiger partial charge in [-0.2, -0.15) is 10.5 Å². The van der Waals surface area contributed by atoms with Gasteiger partial charge in [0.2, 0.25) is 0 Å². The van der Waals surface area contributed by atoms with E-state index in [0.29, 0.717) is 0 Å². The standard InChI is InChI=1S/C6H4N4O2/c7-1-3-4(2-8)10-6(12)5(11)9-3/h3-4H,(H,9,11)(H,10,12)/p-2. The maximum Gasteiger partial charge on any atom is 0.171 e. The van der Waals surface area contributed by atoms with Crippen LogP contribution in [-0.4, -0.2) is 23.9 Å². The van der Waals surface area contributed by atoms with Crippen LogP contribution in [0.25, 0.3) is 0 Å². The van der Waals surface area contributed by atoms with Crippen molar-refractivity contribution in [2.75, 3.05) is 0 Å². The Kier molecular flexibility index (Phi) is 1.93. The summed E-state index contributed by atoms with van der Waals surface area (Å²) in [6, 6.07) is 0.922. The fraction of sp³-hybridized carbons (Fsp3) is 0.333. The van der Waals surface area contributed by atoms with E-state index in [-0.39, 0.29) is 0 Å². The Morgan fingerprint density at radius 3 is 1.58 bits per heavy atom. The molecule has 2 atom stereocenters. The van der Waals surface area contributed by atoms with Crippen molar-refractivity contribution in [2.45, 2.75) is 12.1 Å². The highest BCUT2D eigenvalue weighted by molar-refractivity contribution is 6.31. The van der Waals surface area contributed by atoms with Crippen molar-refractivity contribution in [3.8, 4) is 12.1 Å². The van der Waals surface area contributed by atoms with Gasteiger partial charge in [0.25, 0.3) is 0 Å². The van der Waals surface area contributed by atoms with Crippen LogP contribution in [0.2, 0.25) is 0 Å². The van der Waals surface area contributed by atoms with Crippen LogP contribution in [0.4, 0.5) is 0 Å². The van der Waals surface area contributed by atoms with Crippen LogP contribution in [0.5, 0.6) is 0 Å². The van der Waals surface area contributed by atoms with Gasteiger partial charge < -0.3 is 10.2 Å². The summed E-state index contributed by atoms with van der Waals surface area (Å²) in [6.45, 7) is 0. The molecule has 60 valence electrons. The molecule has 0 radical (unpaired) electrons. The van der Waals surface area contributed by atoms with Crippen molar-refractivity contribution in [3.05, 3.63) is 0 Å². The number of aliphatic imine (C=N–C) groups is 2. The summed E-state index contributed by atoms with van der Waals surface area (Å²) >= 11 is 0. The van der Waals surface area contributed by atoms with E-state index in [2.05, 4.69) is 9.98 Å².